The van der Waals surface area contributed by atoms with Crippen LogP contribution < -0.4 is 10.6 Å². The summed E-state index contributed by atoms with van der Waals surface area (Å²) in [5, 5.41) is 8.11. The Bertz CT molecular complexity index is 309. The minimum atomic E-state index is 0.112. The second-order valence-electron chi connectivity index (χ2n) is 4.16. The van der Waals surface area contributed by atoms with Crippen molar-refractivity contribution >= 4 is 17.2 Å². The van der Waals surface area contributed by atoms with Gasteiger partial charge in [0.2, 0.25) is 5.91 Å². The van der Waals surface area contributed by atoms with E-state index in [0.29, 0.717) is 12.3 Å². The highest BCUT2D eigenvalue weighted by molar-refractivity contribution is 7.10. The van der Waals surface area contributed by atoms with Gasteiger partial charge in [0.25, 0.3) is 0 Å². The Morgan fingerprint density at radius 2 is 2.25 bits per heavy atom. The summed E-state index contributed by atoms with van der Waals surface area (Å²) in [7, 11) is 1.85. The molecule has 1 aromatic heterocycles. The van der Waals surface area contributed by atoms with Gasteiger partial charge in [-0.05, 0) is 24.4 Å². The van der Waals surface area contributed by atoms with Gasteiger partial charge in [0.05, 0.1) is 6.04 Å². The molecule has 0 saturated carbocycles. The lowest BCUT2D eigenvalue weighted by molar-refractivity contribution is -0.122. The van der Waals surface area contributed by atoms with Crippen molar-refractivity contribution in [3.8, 4) is 0 Å². The Morgan fingerprint density at radius 1 is 1.50 bits per heavy atom. The smallest absolute Gasteiger partial charge is 0.221 e. The molecule has 1 aromatic rings. The zero-order valence-corrected chi connectivity index (χ0v) is 10.9. The second kappa shape index (κ2) is 6.66. The van der Waals surface area contributed by atoms with Crippen LogP contribution in [0.15, 0.2) is 17.5 Å². The van der Waals surface area contributed by atoms with E-state index in [1.165, 1.54) is 4.88 Å². The summed E-state index contributed by atoms with van der Waals surface area (Å²) in [4.78, 5) is 12.9. The lowest BCUT2D eigenvalue weighted by atomic mass is 10.0. The van der Waals surface area contributed by atoms with Crippen LogP contribution in [0.3, 0.4) is 0 Å². The molecule has 0 spiro atoms. The third-order valence-corrected chi connectivity index (χ3v) is 3.39. The van der Waals surface area contributed by atoms with Crippen molar-refractivity contribution in [3.63, 3.8) is 0 Å². The van der Waals surface area contributed by atoms with Gasteiger partial charge in [-0.2, -0.15) is 0 Å². The van der Waals surface area contributed by atoms with E-state index in [9.17, 15) is 4.79 Å². The molecule has 1 amide bonds. The Balaban J connectivity index is 2.56. The number of rotatable bonds is 6. The molecule has 90 valence electrons. The Morgan fingerprint density at radius 3 is 2.75 bits per heavy atom. The van der Waals surface area contributed by atoms with E-state index in [4.69, 9.17) is 0 Å². The minimum absolute atomic E-state index is 0.112. The molecule has 0 aromatic carbocycles. The highest BCUT2D eigenvalue weighted by Crippen LogP contribution is 2.25. The van der Waals surface area contributed by atoms with Crippen LogP contribution >= 0.6 is 11.3 Å². The van der Waals surface area contributed by atoms with Crippen LogP contribution in [0.1, 0.15) is 31.2 Å². The van der Waals surface area contributed by atoms with Gasteiger partial charge < -0.3 is 10.6 Å². The molecule has 1 heterocycles. The van der Waals surface area contributed by atoms with Crippen molar-refractivity contribution < 1.29 is 4.79 Å². The molecule has 0 aliphatic carbocycles. The van der Waals surface area contributed by atoms with E-state index in [2.05, 4.69) is 30.5 Å². The molecule has 1 unspecified atom stereocenters. The summed E-state index contributed by atoms with van der Waals surface area (Å²) in [6, 6.07) is 4.24. The summed E-state index contributed by atoms with van der Waals surface area (Å²) in [6.45, 7) is 4.98. The number of hydrogen-bond acceptors (Lipinski definition) is 3. The zero-order chi connectivity index (χ0) is 12.0. The molecule has 4 heteroatoms. The number of carbonyl (C=O) groups is 1. The molecule has 0 saturated heterocycles. The van der Waals surface area contributed by atoms with Crippen LogP contribution in [0.25, 0.3) is 0 Å². The molecule has 1 atom stereocenters. The highest BCUT2D eigenvalue weighted by Gasteiger charge is 2.18. The largest absolute Gasteiger partial charge is 0.348 e. The van der Waals surface area contributed by atoms with E-state index >= 15 is 0 Å². The fraction of sp³-hybridized carbons (Fsp3) is 0.583. The number of carbonyl (C=O) groups excluding carboxylic acids is 1. The molecule has 0 radical (unpaired) electrons. The minimum Gasteiger partial charge on any atom is -0.348 e. The maximum atomic E-state index is 11.7. The monoisotopic (exact) mass is 240 g/mol. The van der Waals surface area contributed by atoms with Crippen molar-refractivity contribution in [1.29, 1.82) is 0 Å². The first-order chi connectivity index (χ1) is 7.65. The van der Waals surface area contributed by atoms with Gasteiger partial charge in [-0.1, -0.05) is 19.9 Å². The lowest BCUT2D eigenvalue weighted by Gasteiger charge is -2.21. The predicted molar refractivity (Wildman–Crippen MR) is 68.6 cm³/mol. The van der Waals surface area contributed by atoms with Crippen molar-refractivity contribution in [2.75, 3.05) is 13.6 Å². The molecular weight excluding hydrogens is 220 g/mol. The topological polar surface area (TPSA) is 41.1 Å². The standard InChI is InChI=1S/C12H20N2OS/c1-9(2)12(10-5-4-8-16-10)14-11(15)6-7-13-3/h4-5,8-9,12-13H,6-7H2,1-3H3,(H,14,15). The number of thiophene rings is 1. The summed E-state index contributed by atoms with van der Waals surface area (Å²) >= 11 is 1.69. The molecule has 3 nitrogen and oxygen atoms in total. The van der Waals surface area contributed by atoms with Gasteiger partial charge in [0.1, 0.15) is 0 Å². The third-order valence-electron chi connectivity index (χ3n) is 2.43. The quantitative estimate of drug-likeness (QED) is 0.800. The van der Waals surface area contributed by atoms with Gasteiger partial charge in [-0.25, -0.2) is 0 Å². The Labute approximate surface area is 101 Å². The van der Waals surface area contributed by atoms with Gasteiger partial charge in [-0.15, -0.1) is 11.3 Å². The van der Waals surface area contributed by atoms with Crippen molar-refractivity contribution in [2.45, 2.75) is 26.3 Å². The maximum absolute atomic E-state index is 11.7. The van der Waals surface area contributed by atoms with Crippen LogP contribution in [0.5, 0.6) is 0 Å². The summed E-state index contributed by atoms with van der Waals surface area (Å²) in [6.07, 6.45) is 0.533. The fourth-order valence-corrected chi connectivity index (χ4v) is 2.47. The molecule has 0 aliphatic heterocycles. The SMILES string of the molecule is CNCCC(=O)NC(c1cccs1)C(C)C. The first kappa shape index (κ1) is 13.2. The third kappa shape index (κ3) is 3.94. The van der Waals surface area contributed by atoms with E-state index in [-0.39, 0.29) is 11.9 Å². The van der Waals surface area contributed by atoms with E-state index in [0.717, 1.165) is 6.54 Å². The van der Waals surface area contributed by atoms with Crippen molar-refractivity contribution in [1.82, 2.24) is 10.6 Å². The van der Waals surface area contributed by atoms with E-state index in [1.54, 1.807) is 11.3 Å². The molecule has 16 heavy (non-hydrogen) atoms. The first-order valence-corrected chi connectivity index (χ1v) is 6.50. The summed E-state index contributed by atoms with van der Waals surface area (Å²) in [5.74, 6) is 0.527. The van der Waals surface area contributed by atoms with Crippen molar-refractivity contribution in [2.24, 2.45) is 5.92 Å². The maximum Gasteiger partial charge on any atom is 0.221 e. The van der Waals surface area contributed by atoms with Gasteiger partial charge in [0, 0.05) is 17.8 Å². The van der Waals surface area contributed by atoms with Crippen LogP contribution in [0.4, 0.5) is 0 Å². The molecule has 2 N–H and O–H groups in total. The number of hydrogen-bond donors (Lipinski definition) is 2. The number of amides is 1. The molecule has 0 bridgehead atoms. The molecule has 0 aliphatic rings. The average Bonchev–Trinajstić information content (AvgIpc) is 2.75. The number of nitrogens with one attached hydrogen (secondary N) is 2. The highest BCUT2D eigenvalue weighted by atomic mass is 32.1. The summed E-state index contributed by atoms with van der Waals surface area (Å²) in [5.41, 5.74) is 0. The van der Waals surface area contributed by atoms with Crippen LogP contribution in [-0.2, 0) is 4.79 Å². The molecule has 0 fully saturated rings. The Hall–Kier alpha value is -0.870. The molecular formula is C12H20N2OS. The Kier molecular flexibility index (Phi) is 5.49. The lowest BCUT2D eigenvalue weighted by Crippen LogP contribution is -2.32. The summed E-state index contributed by atoms with van der Waals surface area (Å²) < 4.78 is 0. The second-order valence-corrected chi connectivity index (χ2v) is 5.14. The first-order valence-electron chi connectivity index (χ1n) is 5.62. The fourth-order valence-electron chi connectivity index (χ4n) is 1.52. The zero-order valence-electron chi connectivity index (χ0n) is 10.1. The van der Waals surface area contributed by atoms with E-state index in [1.807, 2.05) is 18.5 Å². The van der Waals surface area contributed by atoms with Crippen LogP contribution in [0.2, 0.25) is 0 Å². The van der Waals surface area contributed by atoms with Crippen molar-refractivity contribution in [3.05, 3.63) is 22.4 Å². The molecule has 1 rings (SSSR count). The average molecular weight is 240 g/mol. The van der Waals surface area contributed by atoms with Gasteiger partial charge >= 0.3 is 0 Å². The van der Waals surface area contributed by atoms with E-state index < -0.39 is 0 Å². The van der Waals surface area contributed by atoms with Crippen LogP contribution in [-0.4, -0.2) is 19.5 Å². The van der Waals surface area contributed by atoms with Gasteiger partial charge in [0.15, 0.2) is 0 Å². The predicted octanol–water partition coefficient (Wildman–Crippen LogP) is 2.17. The van der Waals surface area contributed by atoms with Gasteiger partial charge in [-0.3, -0.25) is 4.79 Å². The normalized spacial score (nSPS) is 12.8. The van der Waals surface area contributed by atoms with Crippen LogP contribution in [0, 0.1) is 5.92 Å².